The van der Waals surface area contributed by atoms with Gasteiger partial charge in [0.1, 0.15) is 0 Å². The van der Waals surface area contributed by atoms with Crippen LogP contribution in [0, 0.1) is 0 Å². The van der Waals surface area contributed by atoms with Gasteiger partial charge < -0.3 is 10.6 Å². The minimum absolute atomic E-state index is 0.642. The van der Waals surface area contributed by atoms with Gasteiger partial charge in [-0.25, -0.2) is 0 Å². The molecule has 0 spiro atoms. The third-order valence-corrected chi connectivity index (χ3v) is 4.22. The van der Waals surface area contributed by atoms with Crippen molar-refractivity contribution in [3.05, 3.63) is 0 Å². The summed E-state index contributed by atoms with van der Waals surface area (Å²) >= 11 is 0. The average molecular weight is 270 g/mol. The summed E-state index contributed by atoms with van der Waals surface area (Å²) in [5, 5.41) is 0. The summed E-state index contributed by atoms with van der Waals surface area (Å²) in [5.74, 6) is 0. The van der Waals surface area contributed by atoms with Gasteiger partial charge in [0, 0.05) is 51.4 Å². The summed E-state index contributed by atoms with van der Waals surface area (Å²) in [6, 6.07) is 1.28. The molecular weight excluding hydrogens is 236 g/mol. The first-order valence-electron chi connectivity index (χ1n) is 7.95. The molecule has 0 aliphatic carbocycles. The first-order valence-corrected chi connectivity index (χ1v) is 7.95. The van der Waals surface area contributed by atoms with Crippen LogP contribution < -0.4 is 5.73 Å². The Balaban J connectivity index is 2.59. The van der Waals surface area contributed by atoms with Crippen LogP contribution in [-0.4, -0.2) is 79.1 Å². The van der Waals surface area contributed by atoms with Crippen LogP contribution in [0.1, 0.15) is 34.1 Å². The molecule has 0 aromatic heterocycles. The lowest BCUT2D eigenvalue weighted by Gasteiger charge is -2.30. The van der Waals surface area contributed by atoms with Crippen molar-refractivity contribution in [3.63, 3.8) is 0 Å². The summed E-state index contributed by atoms with van der Waals surface area (Å²) in [7, 11) is 0. The lowest BCUT2D eigenvalue weighted by molar-refractivity contribution is 0.169. The standard InChI is InChI=1S/C15H34N4/c1-14(2)18-10-8-17(7-5-6-16)9-11-19(13-12-18)15(3)4/h14-15H,5-13,16H2,1-4H3. The molecule has 0 radical (unpaired) electrons. The van der Waals surface area contributed by atoms with E-state index in [4.69, 9.17) is 5.73 Å². The van der Waals surface area contributed by atoms with Crippen LogP contribution in [0.3, 0.4) is 0 Å². The molecule has 0 aromatic rings. The molecule has 2 N–H and O–H groups in total. The van der Waals surface area contributed by atoms with Crippen LogP contribution in [0.25, 0.3) is 0 Å². The van der Waals surface area contributed by atoms with Gasteiger partial charge in [0.25, 0.3) is 0 Å². The molecule has 0 saturated carbocycles. The zero-order valence-electron chi connectivity index (χ0n) is 13.4. The molecule has 4 nitrogen and oxygen atoms in total. The molecule has 0 aromatic carbocycles. The first kappa shape index (κ1) is 16.9. The maximum absolute atomic E-state index is 5.65. The Bertz CT molecular complexity index is 210. The molecule has 0 atom stereocenters. The highest BCUT2D eigenvalue weighted by Crippen LogP contribution is 2.06. The van der Waals surface area contributed by atoms with Gasteiger partial charge in [-0.3, -0.25) is 9.80 Å². The molecule has 0 bridgehead atoms. The molecular formula is C15H34N4. The highest BCUT2D eigenvalue weighted by atomic mass is 15.3. The van der Waals surface area contributed by atoms with E-state index in [-0.39, 0.29) is 0 Å². The van der Waals surface area contributed by atoms with E-state index in [1.807, 2.05) is 0 Å². The fourth-order valence-electron chi connectivity index (χ4n) is 2.70. The van der Waals surface area contributed by atoms with Crippen molar-refractivity contribution in [2.24, 2.45) is 5.73 Å². The van der Waals surface area contributed by atoms with Crippen molar-refractivity contribution in [2.75, 3.05) is 52.4 Å². The van der Waals surface area contributed by atoms with E-state index in [0.29, 0.717) is 12.1 Å². The van der Waals surface area contributed by atoms with Crippen molar-refractivity contribution in [1.29, 1.82) is 0 Å². The van der Waals surface area contributed by atoms with Crippen molar-refractivity contribution in [3.8, 4) is 0 Å². The fourth-order valence-corrected chi connectivity index (χ4v) is 2.70. The van der Waals surface area contributed by atoms with E-state index in [1.54, 1.807) is 0 Å². The van der Waals surface area contributed by atoms with E-state index in [9.17, 15) is 0 Å². The number of hydrogen-bond acceptors (Lipinski definition) is 4. The number of rotatable bonds is 5. The van der Waals surface area contributed by atoms with Crippen molar-refractivity contribution >= 4 is 0 Å². The Labute approximate surface area is 119 Å². The van der Waals surface area contributed by atoms with E-state index in [1.165, 1.54) is 39.3 Å². The Morgan fingerprint density at radius 1 is 0.789 bits per heavy atom. The van der Waals surface area contributed by atoms with E-state index in [2.05, 4.69) is 42.4 Å². The number of nitrogens with two attached hydrogens (primary N) is 1. The third kappa shape index (κ3) is 6.21. The lowest BCUT2D eigenvalue weighted by atomic mass is 10.3. The van der Waals surface area contributed by atoms with Crippen molar-refractivity contribution in [1.82, 2.24) is 14.7 Å². The molecule has 1 aliphatic heterocycles. The molecule has 0 unspecified atom stereocenters. The van der Waals surface area contributed by atoms with Crippen molar-refractivity contribution < 1.29 is 0 Å². The van der Waals surface area contributed by atoms with Gasteiger partial charge in [0.2, 0.25) is 0 Å². The van der Waals surface area contributed by atoms with Gasteiger partial charge in [-0.05, 0) is 47.2 Å². The molecule has 1 fully saturated rings. The Hall–Kier alpha value is -0.160. The normalized spacial score (nSPS) is 21.6. The molecule has 114 valence electrons. The summed E-state index contributed by atoms with van der Waals surface area (Å²) in [6.45, 7) is 18.3. The van der Waals surface area contributed by atoms with E-state index < -0.39 is 0 Å². The fraction of sp³-hybridized carbons (Fsp3) is 1.00. The summed E-state index contributed by atoms with van der Waals surface area (Å²) in [5.41, 5.74) is 5.65. The van der Waals surface area contributed by atoms with Crippen LogP contribution in [0.4, 0.5) is 0 Å². The predicted molar refractivity (Wildman–Crippen MR) is 83.5 cm³/mol. The topological polar surface area (TPSA) is 35.7 Å². The summed E-state index contributed by atoms with van der Waals surface area (Å²) in [6.07, 6.45) is 1.11. The molecule has 19 heavy (non-hydrogen) atoms. The molecule has 1 rings (SSSR count). The van der Waals surface area contributed by atoms with Crippen LogP contribution in [0.5, 0.6) is 0 Å². The first-order chi connectivity index (χ1) is 9.04. The zero-order chi connectivity index (χ0) is 14.3. The number of nitrogens with zero attached hydrogens (tertiary/aromatic N) is 3. The number of hydrogen-bond donors (Lipinski definition) is 1. The second-order valence-electron chi connectivity index (χ2n) is 6.24. The monoisotopic (exact) mass is 270 g/mol. The zero-order valence-corrected chi connectivity index (χ0v) is 13.4. The summed E-state index contributed by atoms with van der Waals surface area (Å²) in [4.78, 5) is 7.80. The van der Waals surface area contributed by atoms with Gasteiger partial charge in [0.15, 0.2) is 0 Å². The van der Waals surface area contributed by atoms with Crippen LogP contribution in [-0.2, 0) is 0 Å². The highest BCUT2D eigenvalue weighted by Gasteiger charge is 2.18. The average Bonchev–Trinajstić information content (AvgIpc) is 2.46. The molecule has 1 saturated heterocycles. The second-order valence-corrected chi connectivity index (χ2v) is 6.24. The van der Waals surface area contributed by atoms with Crippen LogP contribution >= 0.6 is 0 Å². The maximum Gasteiger partial charge on any atom is 0.0113 e. The smallest absolute Gasteiger partial charge is 0.0113 e. The van der Waals surface area contributed by atoms with Crippen LogP contribution in [0.2, 0.25) is 0 Å². The van der Waals surface area contributed by atoms with E-state index >= 15 is 0 Å². The van der Waals surface area contributed by atoms with Crippen molar-refractivity contribution in [2.45, 2.75) is 46.2 Å². The van der Waals surface area contributed by atoms with Gasteiger partial charge in [-0.15, -0.1) is 0 Å². The third-order valence-electron chi connectivity index (χ3n) is 4.22. The minimum atomic E-state index is 0.642. The molecule has 0 amide bonds. The maximum atomic E-state index is 5.65. The van der Waals surface area contributed by atoms with Gasteiger partial charge in [0.05, 0.1) is 0 Å². The Morgan fingerprint density at radius 2 is 1.21 bits per heavy atom. The molecule has 1 aliphatic rings. The largest absolute Gasteiger partial charge is 0.330 e. The Morgan fingerprint density at radius 3 is 1.58 bits per heavy atom. The predicted octanol–water partition coefficient (Wildman–Crippen LogP) is 1.07. The lowest BCUT2D eigenvalue weighted by Crippen LogP contribution is -2.41. The molecule has 1 heterocycles. The highest BCUT2D eigenvalue weighted by molar-refractivity contribution is 4.75. The second kappa shape index (κ2) is 8.90. The van der Waals surface area contributed by atoms with Gasteiger partial charge >= 0.3 is 0 Å². The van der Waals surface area contributed by atoms with Crippen LogP contribution in [0.15, 0.2) is 0 Å². The van der Waals surface area contributed by atoms with E-state index in [0.717, 1.165) is 19.5 Å². The quantitative estimate of drug-likeness (QED) is 0.811. The van der Waals surface area contributed by atoms with Gasteiger partial charge in [-0.1, -0.05) is 0 Å². The SMILES string of the molecule is CC(C)N1CCN(CCCN)CCN(C(C)C)CC1. The Kier molecular flexibility index (Phi) is 7.91. The molecule has 4 heteroatoms. The minimum Gasteiger partial charge on any atom is -0.330 e. The van der Waals surface area contributed by atoms with Gasteiger partial charge in [-0.2, -0.15) is 0 Å². The summed E-state index contributed by atoms with van der Waals surface area (Å²) < 4.78 is 0.